The van der Waals surface area contributed by atoms with E-state index >= 15 is 0 Å². The molecular weight excluding hydrogens is 281 g/mol. The topological polar surface area (TPSA) is 29.9 Å². The van der Waals surface area contributed by atoms with E-state index in [-0.39, 0.29) is 0 Å². The highest BCUT2D eigenvalue weighted by molar-refractivity contribution is 6.43. The van der Waals surface area contributed by atoms with Gasteiger partial charge in [0.25, 0.3) is 0 Å². The molecule has 90 valence electrons. The predicted molar refractivity (Wildman–Crippen MR) is 71.4 cm³/mol. The summed E-state index contributed by atoms with van der Waals surface area (Å²) < 4.78 is 1.68. The first-order valence-corrected chi connectivity index (χ1v) is 6.09. The average Bonchev–Trinajstić information content (AvgIpc) is 2.72. The summed E-state index contributed by atoms with van der Waals surface area (Å²) >= 11 is 17.9. The van der Waals surface area contributed by atoms with Crippen molar-refractivity contribution in [1.29, 1.82) is 0 Å². The van der Waals surface area contributed by atoms with Crippen LogP contribution in [-0.2, 0) is 6.54 Å². The van der Waals surface area contributed by atoms with Gasteiger partial charge in [0.2, 0.25) is 0 Å². The maximum Gasteiger partial charge on any atom is 0.0847 e. The van der Waals surface area contributed by atoms with Crippen LogP contribution in [0.15, 0.2) is 24.4 Å². The summed E-state index contributed by atoms with van der Waals surface area (Å²) in [5.41, 5.74) is 1.64. The number of nitrogens with one attached hydrogen (secondary N) is 1. The fourth-order valence-corrected chi connectivity index (χ4v) is 2.09. The summed E-state index contributed by atoms with van der Waals surface area (Å²) in [6.07, 6.45) is 1.83. The zero-order valence-electron chi connectivity index (χ0n) is 9.04. The summed E-state index contributed by atoms with van der Waals surface area (Å²) in [4.78, 5) is 0. The molecule has 0 aliphatic heterocycles. The van der Waals surface area contributed by atoms with Crippen molar-refractivity contribution < 1.29 is 0 Å². The summed E-state index contributed by atoms with van der Waals surface area (Å²) in [5.74, 6) is 0. The average molecular weight is 291 g/mol. The van der Waals surface area contributed by atoms with Gasteiger partial charge in [-0.05, 0) is 25.2 Å². The molecule has 0 saturated carbocycles. The third-order valence-electron chi connectivity index (χ3n) is 2.24. The lowest BCUT2D eigenvalue weighted by molar-refractivity contribution is 0.757. The van der Waals surface area contributed by atoms with Gasteiger partial charge in [0.1, 0.15) is 0 Å². The Labute approximate surface area is 114 Å². The number of hydrogen-bond acceptors (Lipinski definition) is 2. The molecule has 0 atom stereocenters. The lowest BCUT2D eigenvalue weighted by Crippen LogP contribution is -2.06. The van der Waals surface area contributed by atoms with Gasteiger partial charge in [0.05, 0.1) is 26.4 Å². The smallest absolute Gasteiger partial charge is 0.0847 e. The second-order valence-electron chi connectivity index (χ2n) is 3.50. The van der Waals surface area contributed by atoms with Crippen molar-refractivity contribution in [3.05, 3.63) is 45.2 Å². The van der Waals surface area contributed by atoms with E-state index in [2.05, 4.69) is 10.4 Å². The van der Waals surface area contributed by atoms with Crippen molar-refractivity contribution in [3.8, 4) is 5.69 Å². The van der Waals surface area contributed by atoms with E-state index in [4.69, 9.17) is 34.8 Å². The van der Waals surface area contributed by atoms with Crippen molar-refractivity contribution in [2.45, 2.75) is 6.54 Å². The van der Waals surface area contributed by atoms with Gasteiger partial charge in [-0.2, -0.15) is 5.10 Å². The monoisotopic (exact) mass is 289 g/mol. The van der Waals surface area contributed by atoms with Gasteiger partial charge >= 0.3 is 0 Å². The minimum atomic E-state index is 0.433. The van der Waals surface area contributed by atoms with Crippen molar-refractivity contribution in [2.24, 2.45) is 0 Å². The Balaban J connectivity index is 2.41. The molecule has 0 aliphatic carbocycles. The number of rotatable bonds is 3. The highest BCUT2D eigenvalue weighted by atomic mass is 35.5. The molecule has 3 nitrogen and oxygen atoms in total. The predicted octanol–water partition coefficient (Wildman–Crippen LogP) is 3.55. The Morgan fingerprint density at radius 2 is 1.88 bits per heavy atom. The first-order valence-electron chi connectivity index (χ1n) is 4.96. The fraction of sp³-hybridized carbons (Fsp3) is 0.182. The Kier molecular flexibility index (Phi) is 3.94. The molecule has 0 aliphatic rings. The number of hydrogen-bond donors (Lipinski definition) is 1. The third-order valence-corrected chi connectivity index (χ3v) is 3.26. The Morgan fingerprint density at radius 3 is 2.59 bits per heavy atom. The van der Waals surface area contributed by atoms with Crippen LogP contribution in [0.5, 0.6) is 0 Å². The Hall–Kier alpha value is -0.740. The van der Waals surface area contributed by atoms with Crippen LogP contribution in [-0.4, -0.2) is 16.8 Å². The maximum absolute atomic E-state index is 6.10. The zero-order valence-corrected chi connectivity index (χ0v) is 11.3. The maximum atomic E-state index is 6.10. The molecule has 1 N–H and O–H groups in total. The quantitative estimate of drug-likeness (QED) is 0.876. The zero-order chi connectivity index (χ0) is 12.4. The molecule has 0 unspecified atom stereocenters. The van der Waals surface area contributed by atoms with Crippen LogP contribution in [0.1, 0.15) is 5.69 Å². The molecule has 0 fully saturated rings. The van der Waals surface area contributed by atoms with E-state index in [1.807, 2.05) is 19.3 Å². The third kappa shape index (κ3) is 2.75. The number of aromatic nitrogens is 2. The minimum Gasteiger partial charge on any atom is -0.314 e. The number of nitrogens with zero attached hydrogens (tertiary/aromatic N) is 2. The second-order valence-corrected chi connectivity index (χ2v) is 4.72. The van der Waals surface area contributed by atoms with Crippen LogP contribution in [0.4, 0.5) is 0 Å². The molecule has 0 bridgehead atoms. The van der Waals surface area contributed by atoms with Crippen molar-refractivity contribution in [3.63, 3.8) is 0 Å². The van der Waals surface area contributed by atoms with Crippen LogP contribution in [0.2, 0.25) is 15.1 Å². The van der Waals surface area contributed by atoms with Crippen molar-refractivity contribution in [2.75, 3.05) is 7.05 Å². The minimum absolute atomic E-state index is 0.433. The molecule has 1 heterocycles. The van der Waals surface area contributed by atoms with Gasteiger partial charge in [0, 0.05) is 12.7 Å². The molecule has 0 radical (unpaired) electrons. The Bertz CT molecular complexity index is 537. The van der Waals surface area contributed by atoms with Crippen LogP contribution in [0.25, 0.3) is 5.69 Å². The SMILES string of the molecule is CNCc1ccn(-c2cc(Cl)c(Cl)cc2Cl)n1. The molecule has 0 spiro atoms. The van der Waals surface area contributed by atoms with Gasteiger partial charge < -0.3 is 5.32 Å². The molecule has 2 rings (SSSR count). The summed E-state index contributed by atoms with van der Waals surface area (Å²) in [6, 6.07) is 5.22. The van der Waals surface area contributed by atoms with E-state index in [1.54, 1.807) is 16.8 Å². The number of halogens is 3. The molecule has 6 heteroatoms. The molecule has 0 saturated heterocycles. The van der Waals surface area contributed by atoms with Gasteiger partial charge in [-0.3, -0.25) is 0 Å². The number of benzene rings is 1. The summed E-state index contributed by atoms with van der Waals surface area (Å²) in [5, 5.41) is 8.80. The van der Waals surface area contributed by atoms with Crippen LogP contribution in [0, 0.1) is 0 Å². The molecular formula is C11H10Cl3N3. The first kappa shape index (κ1) is 12.7. The second kappa shape index (κ2) is 5.27. The molecule has 1 aromatic carbocycles. The van der Waals surface area contributed by atoms with Crippen molar-refractivity contribution >= 4 is 34.8 Å². The molecule has 1 aromatic heterocycles. The van der Waals surface area contributed by atoms with Gasteiger partial charge in [-0.25, -0.2) is 4.68 Å². The lowest BCUT2D eigenvalue weighted by atomic mass is 10.3. The largest absolute Gasteiger partial charge is 0.314 e. The van der Waals surface area contributed by atoms with E-state index in [1.165, 1.54) is 0 Å². The molecule has 2 aromatic rings. The first-order chi connectivity index (χ1) is 8.11. The van der Waals surface area contributed by atoms with E-state index < -0.39 is 0 Å². The van der Waals surface area contributed by atoms with Gasteiger partial charge in [-0.15, -0.1) is 0 Å². The fourth-order valence-electron chi connectivity index (χ4n) is 1.46. The highest BCUT2D eigenvalue weighted by Crippen LogP contribution is 2.30. The van der Waals surface area contributed by atoms with E-state index in [0.717, 1.165) is 5.69 Å². The van der Waals surface area contributed by atoms with Gasteiger partial charge in [0.15, 0.2) is 0 Å². The van der Waals surface area contributed by atoms with Crippen LogP contribution >= 0.6 is 34.8 Å². The van der Waals surface area contributed by atoms with Crippen molar-refractivity contribution in [1.82, 2.24) is 15.1 Å². The Morgan fingerprint density at radius 1 is 1.18 bits per heavy atom. The van der Waals surface area contributed by atoms with Gasteiger partial charge in [-0.1, -0.05) is 34.8 Å². The summed E-state index contributed by atoms with van der Waals surface area (Å²) in [6.45, 7) is 0.700. The summed E-state index contributed by atoms with van der Waals surface area (Å²) in [7, 11) is 1.87. The molecule has 0 amide bonds. The molecule has 17 heavy (non-hydrogen) atoms. The normalized spacial score (nSPS) is 10.8. The standard InChI is InChI=1S/C11H10Cl3N3/c1-15-6-7-2-3-17(16-7)11-5-9(13)8(12)4-10(11)14/h2-5,15H,6H2,1H3. The highest BCUT2D eigenvalue weighted by Gasteiger charge is 2.09. The van der Waals surface area contributed by atoms with E-state index in [9.17, 15) is 0 Å². The van der Waals surface area contributed by atoms with E-state index in [0.29, 0.717) is 27.3 Å². The van der Waals surface area contributed by atoms with Crippen LogP contribution in [0.3, 0.4) is 0 Å². The lowest BCUT2D eigenvalue weighted by Gasteiger charge is -2.06. The van der Waals surface area contributed by atoms with Crippen LogP contribution < -0.4 is 5.32 Å².